The van der Waals surface area contributed by atoms with Gasteiger partial charge in [-0.25, -0.2) is 0 Å². The SMILES string of the molecule is CCOC(=O)[C@@H]1C(=O)C[C@](C)(O)[C@@H](C(=O)OCC)[C@@H]1C. The fourth-order valence-corrected chi connectivity index (χ4v) is 2.90. The summed E-state index contributed by atoms with van der Waals surface area (Å²) in [7, 11) is 0. The highest BCUT2D eigenvalue weighted by Gasteiger charge is 2.54. The summed E-state index contributed by atoms with van der Waals surface area (Å²) < 4.78 is 9.83. The monoisotopic (exact) mass is 286 g/mol. The maximum atomic E-state index is 12.0. The molecule has 0 radical (unpaired) electrons. The first-order valence-corrected chi connectivity index (χ1v) is 6.84. The molecule has 1 rings (SSSR count). The van der Waals surface area contributed by atoms with Crippen LogP contribution in [0.25, 0.3) is 0 Å². The second-order valence-corrected chi connectivity index (χ2v) is 5.32. The number of esters is 2. The van der Waals surface area contributed by atoms with Crippen LogP contribution < -0.4 is 0 Å². The number of aliphatic hydroxyl groups is 1. The van der Waals surface area contributed by atoms with Gasteiger partial charge in [-0.05, 0) is 26.7 Å². The first-order chi connectivity index (χ1) is 9.26. The van der Waals surface area contributed by atoms with Crippen LogP contribution in [0, 0.1) is 17.8 Å². The molecule has 0 unspecified atom stereocenters. The summed E-state index contributed by atoms with van der Waals surface area (Å²) >= 11 is 0. The van der Waals surface area contributed by atoms with Crippen LogP contribution in [0.15, 0.2) is 0 Å². The maximum Gasteiger partial charge on any atom is 0.316 e. The van der Waals surface area contributed by atoms with Crippen molar-refractivity contribution in [1.82, 2.24) is 0 Å². The normalized spacial score (nSPS) is 33.6. The second-order valence-electron chi connectivity index (χ2n) is 5.32. The van der Waals surface area contributed by atoms with Gasteiger partial charge in [-0.15, -0.1) is 0 Å². The van der Waals surface area contributed by atoms with E-state index in [1.165, 1.54) is 6.92 Å². The van der Waals surface area contributed by atoms with Gasteiger partial charge in [0.1, 0.15) is 11.7 Å². The summed E-state index contributed by atoms with van der Waals surface area (Å²) in [6.07, 6.45) is -0.260. The van der Waals surface area contributed by atoms with Crippen molar-refractivity contribution < 1.29 is 29.0 Å². The van der Waals surface area contributed by atoms with E-state index < -0.39 is 41.1 Å². The van der Waals surface area contributed by atoms with Crippen LogP contribution in [0.5, 0.6) is 0 Å². The molecule has 0 amide bonds. The van der Waals surface area contributed by atoms with Crippen LogP contribution in [0.1, 0.15) is 34.1 Å². The molecule has 0 saturated heterocycles. The van der Waals surface area contributed by atoms with Crippen molar-refractivity contribution in [3.8, 4) is 0 Å². The predicted octanol–water partition coefficient (Wildman–Crippen LogP) is 0.705. The predicted molar refractivity (Wildman–Crippen MR) is 69.7 cm³/mol. The molecule has 1 aliphatic carbocycles. The zero-order valence-corrected chi connectivity index (χ0v) is 12.3. The molecule has 1 saturated carbocycles. The van der Waals surface area contributed by atoms with Crippen LogP contribution in [0.4, 0.5) is 0 Å². The first-order valence-electron chi connectivity index (χ1n) is 6.84. The van der Waals surface area contributed by atoms with E-state index in [4.69, 9.17) is 9.47 Å². The summed E-state index contributed by atoms with van der Waals surface area (Å²) in [5.41, 5.74) is -1.51. The summed E-state index contributed by atoms with van der Waals surface area (Å²) in [5.74, 6) is -4.24. The third kappa shape index (κ3) is 3.17. The molecule has 6 nitrogen and oxygen atoms in total. The Morgan fingerprint density at radius 2 is 1.75 bits per heavy atom. The van der Waals surface area contributed by atoms with Crippen molar-refractivity contribution in [1.29, 1.82) is 0 Å². The quantitative estimate of drug-likeness (QED) is 0.604. The molecule has 0 bridgehead atoms. The van der Waals surface area contributed by atoms with Crippen molar-refractivity contribution in [2.75, 3.05) is 13.2 Å². The zero-order chi connectivity index (χ0) is 15.5. The van der Waals surface area contributed by atoms with E-state index in [0.717, 1.165) is 0 Å². The number of hydrogen-bond acceptors (Lipinski definition) is 6. The number of carbonyl (C=O) groups excluding carboxylic acids is 3. The lowest BCUT2D eigenvalue weighted by Gasteiger charge is -2.41. The van der Waals surface area contributed by atoms with E-state index >= 15 is 0 Å². The Morgan fingerprint density at radius 3 is 2.25 bits per heavy atom. The highest BCUT2D eigenvalue weighted by atomic mass is 16.5. The van der Waals surface area contributed by atoms with Gasteiger partial charge < -0.3 is 14.6 Å². The van der Waals surface area contributed by atoms with Crippen molar-refractivity contribution >= 4 is 17.7 Å². The minimum atomic E-state index is -1.51. The Hall–Kier alpha value is -1.43. The zero-order valence-electron chi connectivity index (χ0n) is 12.3. The average Bonchev–Trinajstić information content (AvgIpc) is 2.27. The number of carbonyl (C=O) groups is 3. The molecule has 0 spiro atoms. The molecular weight excluding hydrogens is 264 g/mol. The lowest BCUT2D eigenvalue weighted by atomic mass is 9.64. The molecule has 1 aliphatic rings. The minimum Gasteiger partial charge on any atom is -0.466 e. The molecule has 0 aromatic rings. The van der Waals surface area contributed by atoms with Crippen molar-refractivity contribution in [2.24, 2.45) is 17.8 Å². The molecular formula is C14H22O6. The van der Waals surface area contributed by atoms with E-state index in [-0.39, 0.29) is 19.6 Å². The molecule has 4 atom stereocenters. The highest BCUT2D eigenvalue weighted by Crippen LogP contribution is 2.40. The number of hydrogen-bond donors (Lipinski definition) is 1. The number of ketones is 1. The molecule has 6 heteroatoms. The third-order valence-corrected chi connectivity index (χ3v) is 3.68. The summed E-state index contributed by atoms with van der Waals surface area (Å²) in [5, 5.41) is 10.3. The molecule has 0 heterocycles. The van der Waals surface area contributed by atoms with Crippen LogP contribution in [-0.2, 0) is 23.9 Å². The number of Topliss-reactive ketones (excluding diaryl/α,β-unsaturated/α-hetero) is 1. The van der Waals surface area contributed by atoms with Crippen LogP contribution >= 0.6 is 0 Å². The highest BCUT2D eigenvalue weighted by molar-refractivity contribution is 6.01. The van der Waals surface area contributed by atoms with E-state index in [9.17, 15) is 19.5 Å². The van der Waals surface area contributed by atoms with Gasteiger partial charge in [0, 0.05) is 6.42 Å². The molecule has 20 heavy (non-hydrogen) atoms. The van der Waals surface area contributed by atoms with Crippen molar-refractivity contribution in [3.05, 3.63) is 0 Å². The van der Waals surface area contributed by atoms with E-state index in [1.54, 1.807) is 20.8 Å². The van der Waals surface area contributed by atoms with Gasteiger partial charge >= 0.3 is 11.9 Å². The van der Waals surface area contributed by atoms with Gasteiger partial charge in [0.05, 0.1) is 24.7 Å². The fraction of sp³-hybridized carbons (Fsp3) is 0.786. The summed E-state index contributed by atoms with van der Waals surface area (Å²) in [4.78, 5) is 35.9. The molecule has 1 N–H and O–H groups in total. The second kappa shape index (κ2) is 6.35. The number of ether oxygens (including phenoxy) is 2. The lowest BCUT2D eigenvalue weighted by molar-refractivity contribution is -0.176. The molecule has 0 aromatic carbocycles. The van der Waals surface area contributed by atoms with Crippen LogP contribution in [-0.4, -0.2) is 41.6 Å². The minimum absolute atomic E-state index is 0.162. The Bertz CT molecular complexity index is 400. The Kier molecular flexibility index (Phi) is 5.28. The molecule has 1 fully saturated rings. The topological polar surface area (TPSA) is 89.9 Å². The van der Waals surface area contributed by atoms with Crippen LogP contribution in [0.2, 0.25) is 0 Å². The summed E-state index contributed by atoms with van der Waals surface area (Å²) in [6, 6.07) is 0. The van der Waals surface area contributed by atoms with Gasteiger partial charge in [0.2, 0.25) is 0 Å². The standard InChI is InChI=1S/C14H22O6/c1-5-19-12(16)10-8(3)11(13(17)20-6-2)14(4,18)7-9(10)15/h8,10-11,18H,5-7H2,1-4H3/t8-,10+,11-,14+/m1/s1. The molecule has 114 valence electrons. The van der Waals surface area contributed by atoms with E-state index in [1.807, 2.05) is 0 Å². The smallest absolute Gasteiger partial charge is 0.316 e. The third-order valence-electron chi connectivity index (χ3n) is 3.68. The fourth-order valence-electron chi connectivity index (χ4n) is 2.90. The van der Waals surface area contributed by atoms with Gasteiger partial charge in [0.15, 0.2) is 0 Å². The first kappa shape index (κ1) is 16.6. The van der Waals surface area contributed by atoms with Gasteiger partial charge in [-0.3, -0.25) is 14.4 Å². The molecule has 0 aliphatic heterocycles. The van der Waals surface area contributed by atoms with E-state index in [0.29, 0.717) is 0 Å². The average molecular weight is 286 g/mol. The Morgan fingerprint density at radius 1 is 1.25 bits per heavy atom. The van der Waals surface area contributed by atoms with Crippen molar-refractivity contribution in [2.45, 2.75) is 39.7 Å². The lowest BCUT2D eigenvalue weighted by Crippen LogP contribution is -2.55. The number of rotatable bonds is 4. The van der Waals surface area contributed by atoms with Crippen molar-refractivity contribution in [3.63, 3.8) is 0 Å². The van der Waals surface area contributed by atoms with Gasteiger partial charge in [0.25, 0.3) is 0 Å². The van der Waals surface area contributed by atoms with Crippen LogP contribution in [0.3, 0.4) is 0 Å². The largest absolute Gasteiger partial charge is 0.466 e. The van der Waals surface area contributed by atoms with Gasteiger partial charge in [-0.1, -0.05) is 6.92 Å². The molecule has 0 aromatic heterocycles. The van der Waals surface area contributed by atoms with E-state index in [2.05, 4.69) is 0 Å². The van der Waals surface area contributed by atoms with Gasteiger partial charge in [-0.2, -0.15) is 0 Å². The Labute approximate surface area is 118 Å². The maximum absolute atomic E-state index is 12.0. The Balaban J connectivity index is 3.05. The summed E-state index contributed by atoms with van der Waals surface area (Å²) in [6.45, 7) is 6.66.